The molecule has 0 aliphatic heterocycles. The lowest BCUT2D eigenvalue weighted by molar-refractivity contribution is -0.126. The van der Waals surface area contributed by atoms with Gasteiger partial charge < -0.3 is 11.1 Å². The van der Waals surface area contributed by atoms with Crippen molar-refractivity contribution < 1.29 is 4.79 Å². The number of hydrogen-bond donors (Lipinski definition) is 2. The first-order chi connectivity index (χ1) is 7.12. The quantitative estimate of drug-likeness (QED) is 0.796. The second kappa shape index (κ2) is 5.23. The highest BCUT2D eigenvalue weighted by Gasteiger charge is 2.29. The van der Waals surface area contributed by atoms with Crippen LogP contribution in [-0.2, 0) is 11.3 Å². The molecule has 0 aromatic carbocycles. The monoisotopic (exact) mass is 227 g/mol. The first kappa shape index (κ1) is 12.1. The lowest BCUT2D eigenvalue weighted by Gasteiger charge is -2.24. The molecule has 0 unspecified atom stereocenters. The van der Waals surface area contributed by atoms with Crippen LogP contribution in [0.5, 0.6) is 0 Å². The number of carbonyl (C=O) groups excluding carboxylic acids is 1. The Bertz CT molecular complexity index is 306. The van der Waals surface area contributed by atoms with Crippen molar-refractivity contribution in [1.29, 1.82) is 0 Å². The van der Waals surface area contributed by atoms with E-state index in [1.165, 1.54) is 11.3 Å². The zero-order valence-electron chi connectivity index (χ0n) is 9.12. The molecule has 0 saturated heterocycles. The fourth-order valence-corrected chi connectivity index (χ4v) is 1.78. The van der Waals surface area contributed by atoms with E-state index in [1.807, 2.05) is 13.8 Å². The second-order valence-corrected chi connectivity index (χ2v) is 4.48. The first-order valence-corrected chi connectivity index (χ1v) is 5.95. The van der Waals surface area contributed by atoms with Crippen LogP contribution in [0.3, 0.4) is 0 Å². The summed E-state index contributed by atoms with van der Waals surface area (Å²) in [5.41, 5.74) is 6.97. The van der Waals surface area contributed by atoms with Gasteiger partial charge in [0.1, 0.15) is 0 Å². The van der Waals surface area contributed by atoms with Crippen LogP contribution in [0.4, 0.5) is 0 Å². The van der Waals surface area contributed by atoms with E-state index in [-0.39, 0.29) is 5.91 Å². The maximum atomic E-state index is 11.8. The van der Waals surface area contributed by atoms with Crippen molar-refractivity contribution >= 4 is 17.2 Å². The van der Waals surface area contributed by atoms with Crippen molar-refractivity contribution in [1.82, 2.24) is 10.3 Å². The molecule has 0 aliphatic rings. The SMILES string of the molecule is CCC(N)(CC)C(=O)NCc1cncs1. The Labute approximate surface area is 93.9 Å². The number of thiazole rings is 1. The minimum Gasteiger partial charge on any atom is -0.350 e. The second-order valence-electron chi connectivity index (χ2n) is 3.51. The standard InChI is InChI=1S/C10H17N3OS/c1-3-10(11,4-2)9(14)13-6-8-5-12-7-15-8/h5,7H,3-4,6,11H2,1-2H3,(H,13,14). The average molecular weight is 227 g/mol. The van der Waals surface area contributed by atoms with Crippen molar-refractivity contribution in [2.45, 2.75) is 38.8 Å². The maximum Gasteiger partial charge on any atom is 0.240 e. The Morgan fingerprint density at radius 1 is 1.60 bits per heavy atom. The molecule has 84 valence electrons. The maximum absolute atomic E-state index is 11.8. The number of nitrogens with two attached hydrogens (primary N) is 1. The summed E-state index contributed by atoms with van der Waals surface area (Å²) in [4.78, 5) is 16.7. The van der Waals surface area contributed by atoms with Gasteiger partial charge in [0.15, 0.2) is 0 Å². The number of rotatable bonds is 5. The van der Waals surface area contributed by atoms with Gasteiger partial charge in [-0.3, -0.25) is 9.78 Å². The lowest BCUT2D eigenvalue weighted by Crippen LogP contribution is -2.52. The van der Waals surface area contributed by atoms with Crippen molar-refractivity contribution in [2.24, 2.45) is 5.73 Å². The molecular formula is C10H17N3OS. The summed E-state index contributed by atoms with van der Waals surface area (Å²) in [5, 5.41) is 2.83. The van der Waals surface area contributed by atoms with E-state index in [9.17, 15) is 4.79 Å². The van der Waals surface area contributed by atoms with Gasteiger partial charge in [0.2, 0.25) is 5.91 Å². The van der Waals surface area contributed by atoms with Gasteiger partial charge in [-0.05, 0) is 12.8 Å². The number of carbonyl (C=O) groups is 1. The fourth-order valence-electron chi connectivity index (χ4n) is 1.24. The van der Waals surface area contributed by atoms with Gasteiger partial charge in [-0.1, -0.05) is 13.8 Å². The number of aromatic nitrogens is 1. The molecule has 0 aliphatic carbocycles. The van der Waals surface area contributed by atoms with Crippen LogP contribution >= 0.6 is 11.3 Å². The molecule has 0 atom stereocenters. The lowest BCUT2D eigenvalue weighted by atomic mass is 9.93. The molecule has 4 nitrogen and oxygen atoms in total. The Kier molecular flexibility index (Phi) is 4.23. The van der Waals surface area contributed by atoms with Gasteiger partial charge in [0.05, 0.1) is 17.6 Å². The van der Waals surface area contributed by atoms with Gasteiger partial charge in [0, 0.05) is 11.1 Å². The molecule has 1 amide bonds. The summed E-state index contributed by atoms with van der Waals surface area (Å²) in [6.07, 6.45) is 3.05. The first-order valence-electron chi connectivity index (χ1n) is 5.07. The summed E-state index contributed by atoms with van der Waals surface area (Å²) in [6, 6.07) is 0. The molecule has 1 aromatic rings. The van der Waals surface area contributed by atoms with Crippen molar-refractivity contribution in [3.05, 3.63) is 16.6 Å². The fraction of sp³-hybridized carbons (Fsp3) is 0.600. The summed E-state index contributed by atoms with van der Waals surface area (Å²) < 4.78 is 0. The average Bonchev–Trinajstić information content (AvgIpc) is 2.77. The predicted molar refractivity (Wildman–Crippen MR) is 61.5 cm³/mol. The molecule has 1 rings (SSSR count). The minimum absolute atomic E-state index is 0.0825. The molecule has 5 heteroatoms. The molecule has 0 fully saturated rings. The summed E-state index contributed by atoms with van der Waals surface area (Å²) in [5.74, 6) is -0.0825. The van der Waals surface area contributed by atoms with Crippen molar-refractivity contribution in [2.75, 3.05) is 0 Å². The molecule has 1 heterocycles. The number of nitrogens with zero attached hydrogens (tertiary/aromatic N) is 1. The normalized spacial score (nSPS) is 11.4. The van der Waals surface area contributed by atoms with Crippen LogP contribution in [0.25, 0.3) is 0 Å². The van der Waals surface area contributed by atoms with E-state index in [0.29, 0.717) is 19.4 Å². The third-order valence-corrected chi connectivity index (χ3v) is 3.40. The summed E-state index contributed by atoms with van der Waals surface area (Å²) >= 11 is 1.52. The molecule has 3 N–H and O–H groups in total. The summed E-state index contributed by atoms with van der Waals surface area (Å²) in [6.45, 7) is 4.37. The van der Waals surface area contributed by atoms with Crippen molar-refractivity contribution in [3.63, 3.8) is 0 Å². The van der Waals surface area contributed by atoms with Gasteiger partial charge in [-0.2, -0.15) is 0 Å². The van der Waals surface area contributed by atoms with Gasteiger partial charge in [0.25, 0.3) is 0 Å². The predicted octanol–water partition coefficient (Wildman–Crippen LogP) is 1.28. The third-order valence-electron chi connectivity index (χ3n) is 2.62. The van der Waals surface area contributed by atoms with Crippen LogP contribution in [0.2, 0.25) is 0 Å². The number of amides is 1. The minimum atomic E-state index is -0.731. The zero-order valence-corrected chi connectivity index (χ0v) is 9.93. The highest BCUT2D eigenvalue weighted by atomic mass is 32.1. The topological polar surface area (TPSA) is 68.0 Å². The molecule has 0 bridgehead atoms. The largest absolute Gasteiger partial charge is 0.350 e. The van der Waals surface area contributed by atoms with E-state index in [4.69, 9.17) is 5.73 Å². The number of nitrogens with one attached hydrogen (secondary N) is 1. The Hall–Kier alpha value is -0.940. The molecule has 0 radical (unpaired) electrons. The van der Waals surface area contributed by atoms with Crippen molar-refractivity contribution in [3.8, 4) is 0 Å². The molecule has 1 aromatic heterocycles. The van der Waals surface area contributed by atoms with Crippen LogP contribution in [-0.4, -0.2) is 16.4 Å². The molecular weight excluding hydrogens is 210 g/mol. The zero-order chi connectivity index (χ0) is 11.3. The van der Waals surface area contributed by atoms with Crippen LogP contribution in [0, 0.1) is 0 Å². The Balaban J connectivity index is 2.48. The van der Waals surface area contributed by atoms with E-state index < -0.39 is 5.54 Å². The van der Waals surface area contributed by atoms with E-state index in [0.717, 1.165) is 4.88 Å². The van der Waals surface area contributed by atoms with E-state index >= 15 is 0 Å². The van der Waals surface area contributed by atoms with Gasteiger partial charge in [-0.15, -0.1) is 11.3 Å². The smallest absolute Gasteiger partial charge is 0.240 e. The molecule has 15 heavy (non-hydrogen) atoms. The van der Waals surface area contributed by atoms with Crippen LogP contribution in [0.1, 0.15) is 31.6 Å². The van der Waals surface area contributed by atoms with E-state index in [1.54, 1.807) is 11.7 Å². The summed E-state index contributed by atoms with van der Waals surface area (Å²) in [7, 11) is 0. The molecule has 0 saturated carbocycles. The molecule has 0 spiro atoms. The van der Waals surface area contributed by atoms with E-state index in [2.05, 4.69) is 10.3 Å². The highest BCUT2D eigenvalue weighted by Crippen LogP contribution is 2.12. The van der Waals surface area contributed by atoms with Crippen LogP contribution < -0.4 is 11.1 Å². The third kappa shape index (κ3) is 3.00. The van der Waals surface area contributed by atoms with Gasteiger partial charge in [-0.25, -0.2) is 0 Å². The van der Waals surface area contributed by atoms with Gasteiger partial charge >= 0.3 is 0 Å². The van der Waals surface area contributed by atoms with Crippen LogP contribution in [0.15, 0.2) is 11.7 Å². The number of hydrogen-bond acceptors (Lipinski definition) is 4. The highest BCUT2D eigenvalue weighted by molar-refractivity contribution is 7.09. The Morgan fingerprint density at radius 2 is 2.27 bits per heavy atom. The Morgan fingerprint density at radius 3 is 2.73 bits per heavy atom.